The topological polar surface area (TPSA) is 81.0 Å². The van der Waals surface area contributed by atoms with Crippen molar-refractivity contribution in [2.75, 3.05) is 17.7 Å². The molecule has 58 heavy (non-hydrogen) atoms. The highest BCUT2D eigenvalue weighted by atomic mass is 15.4. The molecule has 0 saturated carbocycles. The molecule has 8 aromatic carbocycles. The Labute approximate surface area is 334 Å². The molecular formula is C50H38N8. The number of nitrogens with one attached hydrogen (secondary N) is 4. The Balaban J connectivity index is 1.07. The predicted octanol–water partition coefficient (Wildman–Crippen LogP) is 10.4. The van der Waals surface area contributed by atoms with E-state index in [4.69, 9.17) is 9.98 Å². The summed E-state index contributed by atoms with van der Waals surface area (Å²) in [5.41, 5.74) is 6.96. The third-order valence-corrected chi connectivity index (χ3v) is 13.0. The summed E-state index contributed by atoms with van der Waals surface area (Å²) in [5.74, 6) is 3.75. The van der Waals surface area contributed by atoms with E-state index in [1.54, 1.807) is 0 Å². The fourth-order valence-corrected chi connectivity index (χ4v) is 10.0. The van der Waals surface area contributed by atoms with Crippen molar-refractivity contribution in [2.45, 2.75) is 24.7 Å². The average molecular weight is 751 g/mol. The molecule has 5 heterocycles. The molecule has 0 radical (unpaired) electrons. The van der Waals surface area contributed by atoms with Crippen molar-refractivity contribution in [3.63, 3.8) is 0 Å². The van der Waals surface area contributed by atoms with Crippen molar-refractivity contribution in [3.05, 3.63) is 179 Å². The van der Waals surface area contributed by atoms with Gasteiger partial charge in [0.1, 0.15) is 48.0 Å². The fraction of sp³-hybridized carbons (Fsp3) is 0.120. The van der Waals surface area contributed by atoms with E-state index in [1.807, 2.05) is 0 Å². The lowest BCUT2D eigenvalue weighted by Gasteiger charge is -2.29. The van der Waals surface area contributed by atoms with Crippen LogP contribution >= 0.6 is 0 Å². The zero-order chi connectivity index (χ0) is 38.2. The molecule has 4 atom stereocenters. The number of anilines is 2. The van der Waals surface area contributed by atoms with Gasteiger partial charge in [0.15, 0.2) is 0 Å². The summed E-state index contributed by atoms with van der Waals surface area (Å²) in [7, 11) is 4.34. The van der Waals surface area contributed by atoms with Crippen molar-refractivity contribution in [1.29, 1.82) is 0 Å². The van der Waals surface area contributed by atoms with Gasteiger partial charge in [-0.25, -0.2) is 9.98 Å². The second-order valence-corrected chi connectivity index (χ2v) is 16.2. The van der Waals surface area contributed by atoms with Crippen molar-refractivity contribution in [3.8, 4) is 0 Å². The van der Waals surface area contributed by atoms with E-state index in [0.717, 1.165) is 56.3 Å². The van der Waals surface area contributed by atoms with E-state index in [9.17, 15) is 0 Å². The smallest absolute Gasteiger partial charge is 0.148 e. The first-order valence-corrected chi connectivity index (χ1v) is 20.1. The largest absolute Gasteiger partial charge is 0.350 e. The Hall–Kier alpha value is -7.16. The van der Waals surface area contributed by atoms with Gasteiger partial charge in [-0.05, 0) is 110 Å². The Kier molecular flexibility index (Phi) is 6.45. The molecule has 9 aromatic rings. The van der Waals surface area contributed by atoms with Crippen molar-refractivity contribution < 1.29 is 0 Å². The third kappa shape index (κ3) is 4.54. The average Bonchev–Trinajstić information content (AvgIpc) is 3.92. The summed E-state index contributed by atoms with van der Waals surface area (Å²) in [6, 6.07) is 53.0. The van der Waals surface area contributed by atoms with Crippen LogP contribution in [0.1, 0.15) is 58.0 Å². The maximum absolute atomic E-state index is 5.53. The molecule has 0 fully saturated rings. The van der Waals surface area contributed by atoms with Crippen molar-refractivity contribution >= 4 is 77.2 Å². The minimum atomic E-state index is -0.328. The molecular weight excluding hydrogens is 713 g/mol. The Morgan fingerprint density at radius 1 is 0.397 bits per heavy atom. The Morgan fingerprint density at radius 3 is 1.10 bits per heavy atom. The summed E-state index contributed by atoms with van der Waals surface area (Å²) in [5, 5.41) is 27.8. The van der Waals surface area contributed by atoms with Gasteiger partial charge in [0.05, 0.1) is 0 Å². The predicted molar refractivity (Wildman–Crippen MR) is 238 cm³/mol. The maximum atomic E-state index is 5.53. The van der Waals surface area contributed by atoms with Crippen LogP contribution in [0.15, 0.2) is 156 Å². The summed E-state index contributed by atoms with van der Waals surface area (Å²) in [4.78, 5) is 13.5. The number of hydrogen-bond donors (Lipinski definition) is 4. The number of nitrogens with zero attached hydrogens (tertiary/aromatic N) is 4. The summed E-state index contributed by atoms with van der Waals surface area (Å²) in [6.45, 7) is 0. The van der Waals surface area contributed by atoms with E-state index in [-0.39, 0.29) is 24.7 Å². The Bertz CT molecular complexity index is 3110. The van der Waals surface area contributed by atoms with Crippen LogP contribution < -0.4 is 21.3 Å². The van der Waals surface area contributed by atoms with Gasteiger partial charge in [-0.15, -0.1) is 0 Å². The van der Waals surface area contributed by atoms with Crippen molar-refractivity contribution in [2.24, 2.45) is 17.0 Å². The fourth-order valence-electron chi connectivity index (χ4n) is 10.0. The highest BCUT2D eigenvalue weighted by Crippen LogP contribution is 2.46. The number of benzene rings is 8. The summed E-state index contributed by atoms with van der Waals surface area (Å²) in [6.07, 6.45) is -0.984. The van der Waals surface area contributed by atoms with E-state index in [2.05, 4.69) is 190 Å². The van der Waals surface area contributed by atoms with Crippen LogP contribution in [0, 0.1) is 0 Å². The quantitative estimate of drug-likeness (QED) is 0.124. The second-order valence-electron chi connectivity index (χ2n) is 16.2. The molecule has 0 amide bonds. The first kappa shape index (κ1) is 32.0. The molecule has 4 unspecified atom stereocenters. The van der Waals surface area contributed by atoms with E-state index in [0.29, 0.717) is 0 Å². The van der Waals surface area contributed by atoms with Crippen LogP contribution in [-0.2, 0) is 7.05 Å². The van der Waals surface area contributed by atoms with Gasteiger partial charge < -0.3 is 25.8 Å². The molecule has 0 spiro atoms. The normalized spacial score (nSPS) is 20.6. The van der Waals surface area contributed by atoms with E-state index >= 15 is 0 Å². The molecule has 8 heteroatoms. The standard InChI is InChI=1S/C50H38N8/c1-57-47-39-23-31-15-7-8-16-32(31)24-40(39)48(57)54-44-36-20-28-12-4-6-14-30(28)22-38(36)46(52-44)56-50-42-26-34-18-10-9-17-33(34)25-41(42)49(58(50)2)55-45-37-21-29-13-5-3-11-27(29)19-35(37)43(51-45)53-47/h3-26,43-44,49-50,53-54H,1-2H3,(H,51,55)(H,52,56). The summed E-state index contributed by atoms with van der Waals surface area (Å²) < 4.78 is 2.26. The van der Waals surface area contributed by atoms with Crippen LogP contribution in [0.3, 0.4) is 0 Å². The number of rotatable bonds is 0. The molecule has 4 aliphatic rings. The Morgan fingerprint density at radius 2 is 0.724 bits per heavy atom. The lowest BCUT2D eigenvalue weighted by Crippen LogP contribution is -2.41. The number of hydrogen-bond acceptors (Lipinski definition) is 7. The molecule has 4 N–H and O–H groups in total. The minimum Gasteiger partial charge on any atom is -0.350 e. The first-order valence-electron chi connectivity index (χ1n) is 20.1. The highest BCUT2D eigenvalue weighted by molar-refractivity contribution is 6.11. The van der Waals surface area contributed by atoms with Gasteiger partial charge in [-0.2, -0.15) is 0 Å². The lowest BCUT2D eigenvalue weighted by atomic mass is 9.98. The lowest BCUT2D eigenvalue weighted by molar-refractivity contribution is 0.182. The minimum absolute atomic E-state index is 0.164. The number of aromatic nitrogens is 1. The van der Waals surface area contributed by atoms with Crippen LogP contribution in [-0.4, -0.2) is 28.2 Å². The molecule has 0 saturated heterocycles. The molecule has 8 nitrogen and oxygen atoms in total. The monoisotopic (exact) mass is 750 g/mol. The molecule has 278 valence electrons. The third-order valence-electron chi connectivity index (χ3n) is 13.0. The SMILES string of the molecule is CN1C2NC3=NC(Nc4c5cc6ccccc6cc5c(n4C)NC4N=C(NC1c1cc5ccccc5cc12)c1cc2ccccc2cc14)c1cc2ccccc2cc13. The zero-order valence-corrected chi connectivity index (χ0v) is 32.0. The first-order chi connectivity index (χ1) is 28.5. The maximum Gasteiger partial charge on any atom is 0.148 e. The molecule has 13 rings (SSSR count). The zero-order valence-electron chi connectivity index (χ0n) is 32.0. The molecule has 0 aliphatic carbocycles. The molecule has 1 aromatic heterocycles. The summed E-state index contributed by atoms with van der Waals surface area (Å²) >= 11 is 0. The van der Waals surface area contributed by atoms with Crippen LogP contribution in [0.4, 0.5) is 11.6 Å². The van der Waals surface area contributed by atoms with Gasteiger partial charge in [0.25, 0.3) is 0 Å². The van der Waals surface area contributed by atoms with E-state index < -0.39 is 0 Å². The van der Waals surface area contributed by atoms with Gasteiger partial charge in [0, 0.05) is 40.1 Å². The van der Waals surface area contributed by atoms with Gasteiger partial charge in [-0.1, -0.05) is 97.1 Å². The van der Waals surface area contributed by atoms with E-state index in [1.165, 1.54) is 54.2 Å². The number of fused-ring (bicyclic) bond motifs is 22. The number of aliphatic imine (C=N–C) groups is 2. The second kappa shape index (κ2) is 11.7. The van der Waals surface area contributed by atoms with Crippen molar-refractivity contribution in [1.82, 2.24) is 20.1 Å². The van der Waals surface area contributed by atoms with Gasteiger partial charge >= 0.3 is 0 Å². The molecule has 4 aliphatic heterocycles. The van der Waals surface area contributed by atoms with Crippen LogP contribution in [0.5, 0.6) is 0 Å². The number of amidine groups is 2. The van der Waals surface area contributed by atoms with Crippen LogP contribution in [0.25, 0.3) is 53.9 Å². The van der Waals surface area contributed by atoms with Gasteiger partial charge in [-0.3, -0.25) is 4.90 Å². The molecule has 8 bridgehead atoms. The highest BCUT2D eigenvalue weighted by Gasteiger charge is 2.41. The van der Waals surface area contributed by atoms with Crippen LogP contribution in [0.2, 0.25) is 0 Å². The van der Waals surface area contributed by atoms with Gasteiger partial charge in [0.2, 0.25) is 0 Å².